The molecule has 0 unspecified atom stereocenters. The number of amides is 1. The number of anilines is 3. The zero-order valence-electron chi connectivity index (χ0n) is 25.3. The minimum Gasteiger partial charge on any atom is -0.486 e. The highest BCUT2D eigenvalue weighted by atomic mass is 32.1. The molecule has 3 aromatic heterocycles. The third-order valence-corrected chi connectivity index (χ3v) is 10.3. The average molecular weight is 614 g/mol. The summed E-state index contributed by atoms with van der Waals surface area (Å²) in [4.78, 5) is 37.6. The Labute approximate surface area is 260 Å². The molecule has 1 saturated heterocycles. The van der Waals surface area contributed by atoms with Gasteiger partial charge in [0.15, 0.2) is 0 Å². The first-order valence-electron chi connectivity index (χ1n) is 15.4. The van der Waals surface area contributed by atoms with E-state index < -0.39 is 5.82 Å². The maximum Gasteiger partial charge on any atom is 0.274 e. The van der Waals surface area contributed by atoms with Crippen molar-refractivity contribution in [2.45, 2.75) is 51.6 Å². The third-order valence-electron chi connectivity index (χ3n) is 8.97. The Morgan fingerprint density at radius 2 is 1.89 bits per heavy atom. The van der Waals surface area contributed by atoms with Crippen LogP contribution in [0.15, 0.2) is 47.5 Å². The SMILES string of the molecule is CCc1c(-c2cc(Nc3ccc(OC4CN(C)C4)cn3)c(=O)n(C)c2)cc(F)cc1N1CCc2c(sc3c2CCCC3)C1=O. The van der Waals surface area contributed by atoms with Gasteiger partial charge in [0.2, 0.25) is 0 Å². The fourth-order valence-electron chi connectivity index (χ4n) is 6.76. The number of likely N-dealkylation sites (N-methyl/N-ethyl adjacent to an activating group) is 1. The Bertz CT molecular complexity index is 1810. The van der Waals surface area contributed by atoms with E-state index in [-0.39, 0.29) is 17.6 Å². The lowest BCUT2D eigenvalue weighted by Gasteiger charge is -2.35. The van der Waals surface area contributed by atoms with Gasteiger partial charge >= 0.3 is 0 Å². The predicted molar refractivity (Wildman–Crippen MR) is 172 cm³/mol. The van der Waals surface area contributed by atoms with Crippen molar-refractivity contribution in [2.24, 2.45) is 7.05 Å². The molecule has 4 aromatic rings. The number of pyridine rings is 2. The van der Waals surface area contributed by atoms with Crippen LogP contribution in [-0.4, -0.2) is 53.1 Å². The summed E-state index contributed by atoms with van der Waals surface area (Å²) in [5, 5.41) is 3.15. The van der Waals surface area contributed by atoms with Crippen LogP contribution >= 0.6 is 11.3 Å². The zero-order chi connectivity index (χ0) is 30.5. The van der Waals surface area contributed by atoms with Gasteiger partial charge in [0.05, 0.1) is 16.8 Å². The summed E-state index contributed by atoms with van der Waals surface area (Å²) < 4.78 is 22.8. The van der Waals surface area contributed by atoms with Crippen LogP contribution < -0.4 is 20.5 Å². The van der Waals surface area contributed by atoms with Crippen molar-refractivity contribution in [2.75, 3.05) is 36.9 Å². The largest absolute Gasteiger partial charge is 0.486 e. The fraction of sp³-hybridized carbons (Fsp3) is 0.382. The minimum absolute atomic E-state index is 0.0393. The highest BCUT2D eigenvalue weighted by molar-refractivity contribution is 7.14. The lowest BCUT2D eigenvalue weighted by Crippen LogP contribution is -2.51. The van der Waals surface area contributed by atoms with Gasteiger partial charge in [0.25, 0.3) is 11.5 Å². The van der Waals surface area contributed by atoms with Gasteiger partial charge < -0.3 is 19.5 Å². The van der Waals surface area contributed by atoms with Crippen LogP contribution in [0.2, 0.25) is 0 Å². The maximum absolute atomic E-state index is 15.4. The molecule has 1 aliphatic carbocycles. The molecule has 1 amide bonds. The fourth-order valence-corrected chi connectivity index (χ4v) is 8.14. The quantitative estimate of drug-likeness (QED) is 0.287. The Hall–Kier alpha value is -4.02. The van der Waals surface area contributed by atoms with Crippen molar-refractivity contribution in [1.29, 1.82) is 0 Å². The number of ether oxygens (including phenoxy) is 1. The first-order chi connectivity index (χ1) is 21.3. The smallest absolute Gasteiger partial charge is 0.274 e. The molecule has 1 N–H and O–H groups in total. The molecule has 7 rings (SSSR count). The molecule has 8 nitrogen and oxygen atoms in total. The Kier molecular flexibility index (Phi) is 7.50. The zero-order valence-corrected chi connectivity index (χ0v) is 26.1. The van der Waals surface area contributed by atoms with Gasteiger partial charge in [0, 0.05) is 43.3 Å². The second-order valence-corrected chi connectivity index (χ2v) is 13.2. The summed E-state index contributed by atoms with van der Waals surface area (Å²) in [5.74, 6) is 0.718. The number of hydrogen-bond acceptors (Lipinski definition) is 7. The normalized spacial score (nSPS) is 16.8. The number of fused-ring (bicyclic) bond motifs is 3. The molecule has 5 heterocycles. The molecule has 228 valence electrons. The lowest BCUT2D eigenvalue weighted by atomic mass is 9.91. The monoisotopic (exact) mass is 613 g/mol. The van der Waals surface area contributed by atoms with Crippen molar-refractivity contribution in [3.8, 4) is 16.9 Å². The predicted octanol–water partition coefficient (Wildman–Crippen LogP) is 5.73. The van der Waals surface area contributed by atoms with Crippen LogP contribution in [0.1, 0.15) is 51.0 Å². The van der Waals surface area contributed by atoms with E-state index in [9.17, 15) is 9.59 Å². The minimum atomic E-state index is -0.422. The van der Waals surface area contributed by atoms with E-state index in [0.29, 0.717) is 47.0 Å². The molecule has 1 aromatic carbocycles. The molecule has 0 spiro atoms. The van der Waals surface area contributed by atoms with Gasteiger partial charge in [-0.25, -0.2) is 9.37 Å². The van der Waals surface area contributed by atoms with Gasteiger partial charge in [-0.15, -0.1) is 11.3 Å². The summed E-state index contributed by atoms with van der Waals surface area (Å²) >= 11 is 1.63. The number of rotatable bonds is 7. The number of aromatic nitrogens is 2. The van der Waals surface area contributed by atoms with Gasteiger partial charge in [-0.2, -0.15) is 0 Å². The molecule has 0 saturated carbocycles. The van der Waals surface area contributed by atoms with Gasteiger partial charge in [-0.1, -0.05) is 6.92 Å². The van der Waals surface area contributed by atoms with Gasteiger partial charge in [-0.3, -0.25) is 14.5 Å². The van der Waals surface area contributed by atoms with Crippen LogP contribution in [0, 0.1) is 5.82 Å². The van der Waals surface area contributed by atoms with Crippen molar-refractivity contribution >= 4 is 34.4 Å². The standard InChI is InChI=1S/C34H36FN5O3S/c1-4-24-27(14-21(35)15-29(24)40-12-11-26-25-7-5-6-8-30(25)44-32(26)34(40)42)20-13-28(33(41)39(3)17-20)37-31-10-9-22(16-36-31)43-23-18-38(2)19-23/h9-10,13-17,23H,4-8,11-12,18-19H2,1-3H3,(H,36,37). The highest BCUT2D eigenvalue weighted by Crippen LogP contribution is 2.41. The van der Waals surface area contributed by atoms with E-state index in [2.05, 4.69) is 15.2 Å². The maximum atomic E-state index is 15.4. The second kappa shape index (κ2) is 11.5. The Morgan fingerprint density at radius 1 is 1.07 bits per heavy atom. The molecule has 2 aliphatic heterocycles. The molecule has 44 heavy (non-hydrogen) atoms. The molecule has 0 atom stereocenters. The van der Waals surface area contributed by atoms with Crippen LogP contribution in [0.5, 0.6) is 5.75 Å². The first kappa shape index (κ1) is 28.7. The number of thiophene rings is 1. The number of halogens is 1. The number of likely N-dealkylation sites (tertiary alicyclic amines) is 1. The van der Waals surface area contributed by atoms with Crippen LogP contribution in [-0.2, 0) is 32.7 Å². The van der Waals surface area contributed by atoms with Crippen molar-refractivity contribution < 1.29 is 13.9 Å². The topological polar surface area (TPSA) is 79.7 Å². The average Bonchev–Trinajstić information content (AvgIpc) is 3.39. The summed E-state index contributed by atoms with van der Waals surface area (Å²) in [5.41, 5.74) is 5.49. The van der Waals surface area contributed by atoms with Crippen LogP contribution in [0.3, 0.4) is 0 Å². The lowest BCUT2D eigenvalue weighted by molar-refractivity contribution is 0.0386. The van der Waals surface area contributed by atoms with Gasteiger partial charge in [0.1, 0.15) is 29.2 Å². The summed E-state index contributed by atoms with van der Waals surface area (Å²) in [7, 11) is 3.73. The van der Waals surface area contributed by atoms with E-state index in [1.807, 2.05) is 20.0 Å². The number of nitrogens with zero attached hydrogens (tertiary/aromatic N) is 4. The first-order valence-corrected chi connectivity index (χ1v) is 16.2. The summed E-state index contributed by atoms with van der Waals surface area (Å²) in [6, 6.07) is 8.33. The Balaban J connectivity index is 1.20. The Morgan fingerprint density at radius 3 is 2.64 bits per heavy atom. The molecular weight excluding hydrogens is 577 g/mol. The number of carbonyl (C=O) groups excluding carboxylic acids is 1. The second-order valence-electron chi connectivity index (χ2n) is 12.1. The van der Waals surface area contributed by atoms with E-state index in [1.165, 1.54) is 45.5 Å². The number of hydrogen-bond donors (Lipinski definition) is 1. The van der Waals surface area contributed by atoms with Crippen molar-refractivity contribution in [3.63, 3.8) is 0 Å². The molecule has 3 aliphatic rings. The summed E-state index contributed by atoms with van der Waals surface area (Å²) in [6.07, 6.45) is 9.33. The van der Waals surface area contributed by atoms with Crippen LogP contribution in [0.25, 0.3) is 11.1 Å². The molecule has 0 bridgehead atoms. The number of nitrogens with one attached hydrogen (secondary N) is 1. The third kappa shape index (κ3) is 5.20. The van der Waals surface area contributed by atoms with Crippen molar-refractivity contribution in [1.82, 2.24) is 14.5 Å². The number of aryl methyl sites for hydroxylation is 2. The summed E-state index contributed by atoms with van der Waals surface area (Å²) in [6.45, 7) is 4.30. The number of carbonyl (C=O) groups is 1. The number of benzene rings is 1. The molecule has 1 fully saturated rings. The van der Waals surface area contributed by atoms with Crippen molar-refractivity contribution in [3.05, 3.63) is 85.3 Å². The van der Waals surface area contributed by atoms with Crippen LogP contribution in [0.4, 0.5) is 21.6 Å². The highest BCUT2D eigenvalue weighted by Gasteiger charge is 2.33. The van der Waals surface area contributed by atoms with E-state index in [0.717, 1.165) is 42.8 Å². The molecule has 10 heteroatoms. The van der Waals surface area contributed by atoms with E-state index in [1.54, 1.807) is 47.8 Å². The van der Waals surface area contributed by atoms with E-state index in [4.69, 9.17) is 4.74 Å². The molecule has 0 radical (unpaired) electrons. The van der Waals surface area contributed by atoms with E-state index >= 15 is 4.39 Å². The molecular formula is C34H36FN5O3S. The van der Waals surface area contributed by atoms with Gasteiger partial charge in [-0.05, 0) is 98.2 Å².